The average molecular weight is 257 g/mol. The van der Waals surface area contributed by atoms with Crippen LogP contribution in [0, 0.1) is 0 Å². The molecule has 14 heavy (non-hydrogen) atoms. The third-order valence-electron chi connectivity index (χ3n) is 2.31. The molecule has 0 aliphatic carbocycles. The molecule has 2 heterocycles. The zero-order valence-electron chi connectivity index (χ0n) is 7.83. The van der Waals surface area contributed by atoms with Crippen molar-refractivity contribution in [2.75, 3.05) is 18.4 Å². The van der Waals surface area contributed by atoms with Crippen LogP contribution in [0.3, 0.4) is 0 Å². The van der Waals surface area contributed by atoms with Gasteiger partial charge in [-0.25, -0.2) is 9.97 Å². The van der Waals surface area contributed by atoms with Gasteiger partial charge in [0.1, 0.15) is 10.4 Å². The molecule has 1 aromatic heterocycles. The van der Waals surface area contributed by atoms with Crippen molar-refractivity contribution in [3.8, 4) is 0 Å². The summed E-state index contributed by atoms with van der Waals surface area (Å²) in [6.07, 6.45) is 5.77. The predicted molar refractivity (Wildman–Crippen MR) is 59.2 cm³/mol. The lowest BCUT2D eigenvalue weighted by Crippen LogP contribution is -2.35. The maximum Gasteiger partial charge on any atom is 0.144 e. The van der Waals surface area contributed by atoms with E-state index in [-0.39, 0.29) is 0 Å². The highest BCUT2D eigenvalue weighted by Crippen LogP contribution is 2.11. The number of nitrogens with zero attached hydrogens (tertiary/aromatic N) is 2. The maximum atomic E-state index is 4.23. The first-order chi connectivity index (χ1) is 6.84. The molecule has 1 aliphatic rings. The monoisotopic (exact) mass is 256 g/mol. The molecule has 0 spiro atoms. The van der Waals surface area contributed by atoms with Crippen molar-refractivity contribution in [2.24, 2.45) is 0 Å². The minimum absolute atomic E-state index is 0.534. The average Bonchev–Trinajstić information content (AvgIpc) is 2.23. The highest BCUT2D eigenvalue weighted by molar-refractivity contribution is 9.10. The number of halogens is 1. The van der Waals surface area contributed by atoms with Crippen LogP contribution < -0.4 is 10.6 Å². The number of piperidine rings is 1. The highest BCUT2D eigenvalue weighted by Gasteiger charge is 2.12. The number of hydrogen-bond donors (Lipinski definition) is 2. The summed E-state index contributed by atoms with van der Waals surface area (Å²) in [5, 5.41) is 6.70. The van der Waals surface area contributed by atoms with E-state index in [1.807, 2.05) is 0 Å². The SMILES string of the molecule is Brc1cnc(NC2CCNCC2)cn1. The largest absolute Gasteiger partial charge is 0.366 e. The Bertz CT molecular complexity index is 281. The molecule has 0 saturated carbocycles. The fourth-order valence-corrected chi connectivity index (χ4v) is 1.77. The van der Waals surface area contributed by atoms with E-state index >= 15 is 0 Å². The summed E-state index contributed by atoms with van der Waals surface area (Å²) in [6.45, 7) is 2.17. The van der Waals surface area contributed by atoms with Crippen molar-refractivity contribution in [1.29, 1.82) is 0 Å². The minimum Gasteiger partial charge on any atom is -0.366 e. The Labute approximate surface area is 91.7 Å². The number of nitrogens with one attached hydrogen (secondary N) is 2. The molecule has 5 heteroatoms. The van der Waals surface area contributed by atoms with Crippen LogP contribution in [-0.2, 0) is 0 Å². The summed E-state index contributed by atoms with van der Waals surface area (Å²) < 4.78 is 0.772. The molecule has 1 aromatic rings. The first kappa shape index (κ1) is 9.86. The van der Waals surface area contributed by atoms with Crippen molar-refractivity contribution < 1.29 is 0 Å². The van der Waals surface area contributed by atoms with Gasteiger partial charge >= 0.3 is 0 Å². The van der Waals surface area contributed by atoms with Gasteiger partial charge in [0.05, 0.1) is 12.4 Å². The van der Waals surface area contributed by atoms with Crippen molar-refractivity contribution >= 4 is 21.7 Å². The van der Waals surface area contributed by atoms with E-state index in [0.717, 1.165) is 36.4 Å². The zero-order valence-corrected chi connectivity index (χ0v) is 9.42. The zero-order chi connectivity index (χ0) is 9.80. The van der Waals surface area contributed by atoms with Gasteiger partial charge in [0.2, 0.25) is 0 Å². The normalized spacial score (nSPS) is 18.1. The molecule has 1 fully saturated rings. The first-order valence-electron chi connectivity index (χ1n) is 4.79. The van der Waals surface area contributed by atoms with Crippen LogP contribution in [-0.4, -0.2) is 29.1 Å². The lowest BCUT2D eigenvalue weighted by molar-refractivity contribution is 0.478. The summed E-state index contributed by atoms with van der Waals surface area (Å²) in [5.74, 6) is 0.861. The molecule has 4 nitrogen and oxygen atoms in total. The fourth-order valence-electron chi connectivity index (χ4n) is 1.56. The van der Waals surface area contributed by atoms with Crippen LogP contribution in [0.4, 0.5) is 5.82 Å². The minimum atomic E-state index is 0.534. The molecule has 0 atom stereocenters. The molecule has 2 rings (SSSR count). The van der Waals surface area contributed by atoms with E-state index in [9.17, 15) is 0 Å². The Hall–Kier alpha value is -0.680. The summed E-state index contributed by atoms with van der Waals surface area (Å²) in [5.41, 5.74) is 0. The lowest BCUT2D eigenvalue weighted by atomic mass is 10.1. The molecular weight excluding hydrogens is 244 g/mol. The van der Waals surface area contributed by atoms with Gasteiger partial charge in [-0.2, -0.15) is 0 Å². The molecule has 76 valence electrons. The first-order valence-corrected chi connectivity index (χ1v) is 5.59. The Morgan fingerprint density at radius 3 is 2.71 bits per heavy atom. The molecule has 1 saturated heterocycles. The van der Waals surface area contributed by atoms with E-state index in [2.05, 4.69) is 36.5 Å². The Kier molecular flexibility index (Phi) is 3.31. The Morgan fingerprint density at radius 2 is 2.07 bits per heavy atom. The molecule has 2 N–H and O–H groups in total. The van der Waals surface area contributed by atoms with Gasteiger partial charge in [-0.1, -0.05) is 0 Å². The second-order valence-electron chi connectivity index (χ2n) is 3.39. The summed E-state index contributed by atoms with van der Waals surface area (Å²) in [4.78, 5) is 8.35. The molecule has 0 bridgehead atoms. The quantitative estimate of drug-likeness (QED) is 0.840. The predicted octanol–water partition coefficient (Wildman–Crippen LogP) is 1.40. The van der Waals surface area contributed by atoms with Crippen LogP contribution in [0.1, 0.15) is 12.8 Å². The van der Waals surface area contributed by atoms with Gasteiger partial charge in [-0.15, -0.1) is 0 Å². The van der Waals surface area contributed by atoms with Gasteiger partial charge in [0.25, 0.3) is 0 Å². The van der Waals surface area contributed by atoms with Crippen molar-refractivity contribution in [3.05, 3.63) is 17.0 Å². The fraction of sp³-hybridized carbons (Fsp3) is 0.556. The summed E-state index contributed by atoms with van der Waals surface area (Å²) >= 11 is 3.26. The number of aromatic nitrogens is 2. The Morgan fingerprint density at radius 1 is 1.29 bits per heavy atom. The van der Waals surface area contributed by atoms with E-state index < -0.39 is 0 Å². The third kappa shape index (κ3) is 2.65. The second-order valence-corrected chi connectivity index (χ2v) is 4.21. The van der Waals surface area contributed by atoms with Crippen LogP contribution in [0.5, 0.6) is 0 Å². The standard InChI is InChI=1S/C9H13BrN4/c10-8-5-13-9(6-12-8)14-7-1-3-11-4-2-7/h5-7,11H,1-4H2,(H,13,14). The van der Waals surface area contributed by atoms with E-state index in [4.69, 9.17) is 0 Å². The third-order valence-corrected chi connectivity index (χ3v) is 2.72. The molecule has 0 radical (unpaired) electrons. The van der Waals surface area contributed by atoms with Crippen LogP contribution in [0.25, 0.3) is 0 Å². The second kappa shape index (κ2) is 4.70. The molecule has 0 unspecified atom stereocenters. The molecular formula is C9H13BrN4. The molecule has 0 aromatic carbocycles. The van der Waals surface area contributed by atoms with Gasteiger partial charge < -0.3 is 10.6 Å². The summed E-state index contributed by atoms with van der Waals surface area (Å²) in [6, 6.07) is 0.534. The number of rotatable bonds is 2. The van der Waals surface area contributed by atoms with Crippen LogP contribution in [0.2, 0.25) is 0 Å². The van der Waals surface area contributed by atoms with Crippen molar-refractivity contribution in [2.45, 2.75) is 18.9 Å². The summed E-state index contributed by atoms with van der Waals surface area (Å²) in [7, 11) is 0. The van der Waals surface area contributed by atoms with Gasteiger partial charge in [-0.3, -0.25) is 0 Å². The molecule has 1 aliphatic heterocycles. The van der Waals surface area contributed by atoms with Crippen molar-refractivity contribution in [3.63, 3.8) is 0 Å². The number of anilines is 1. The van der Waals surface area contributed by atoms with E-state index in [1.54, 1.807) is 12.4 Å². The smallest absolute Gasteiger partial charge is 0.144 e. The van der Waals surface area contributed by atoms with Crippen molar-refractivity contribution in [1.82, 2.24) is 15.3 Å². The lowest BCUT2D eigenvalue weighted by Gasteiger charge is -2.23. The highest BCUT2D eigenvalue weighted by atomic mass is 79.9. The van der Waals surface area contributed by atoms with Gasteiger partial charge in [0, 0.05) is 6.04 Å². The maximum absolute atomic E-state index is 4.23. The van der Waals surface area contributed by atoms with Crippen LogP contribution in [0.15, 0.2) is 17.0 Å². The molecule has 0 amide bonds. The topological polar surface area (TPSA) is 49.8 Å². The van der Waals surface area contributed by atoms with Crippen LogP contribution >= 0.6 is 15.9 Å². The van der Waals surface area contributed by atoms with E-state index in [0.29, 0.717) is 6.04 Å². The van der Waals surface area contributed by atoms with E-state index in [1.165, 1.54) is 0 Å². The van der Waals surface area contributed by atoms with Gasteiger partial charge in [0.15, 0.2) is 0 Å². The Balaban J connectivity index is 1.92. The van der Waals surface area contributed by atoms with Gasteiger partial charge in [-0.05, 0) is 41.9 Å². The number of hydrogen-bond acceptors (Lipinski definition) is 4.